The molecule has 0 spiro atoms. The number of aromatic nitrogens is 2. The molecule has 0 bridgehead atoms. The van der Waals surface area contributed by atoms with Crippen LogP contribution < -0.4 is 0 Å². The molecule has 6 nitrogen and oxygen atoms in total. The van der Waals surface area contributed by atoms with Gasteiger partial charge in [-0.05, 0) is 38.4 Å². The van der Waals surface area contributed by atoms with Crippen LogP contribution in [0.1, 0.15) is 31.2 Å². The van der Waals surface area contributed by atoms with Crippen molar-refractivity contribution < 1.29 is 27.2 Å². The molecule has 146 valence electrons. The number of nitrogens with zero attached hydrogens (tertiary/aromatic N) is 3. The molecule has 9 heteroatoms. The minimum absolute atomic E-state index is 0.170. The maximum atomic E-state index is 12.6. The summed E-state index contributed by atoms with van der Waals surface area (Å²) in [4.78, 5) is 18.2. The standard InChI is InChI=1S/C18H20F3N3O3/c1-2-26-17(25)13-4-3-9-24(10-13)11-15-22-16(23-27-15)12-5-7-14(8-6-12)18(19,20)21/h5-8,13H,2-4,9-11H2,1H3/t13-/m1/s1. The molecule has 1 saturated heterocycles. The molecule has 1 aliphatic rings. The van der Waals surface area contributed by atoms with Crippen molar-refractivity contribution in [3.63, 3.8) is 0 Å². The fourth-order valence-electron chi connectivity index (χ4n) is 3.09. The normalized spacial score (nSPS) is 18.4. The van der Waals surface area contributed by atoms with E-state index in [1.54, 1.807) is 6.92 Å². The molecule has 1 fully saturated rings. The van der Waals surface area contributed by atoms with E-state index in [4.69, 9.17) is 9.26 Å². The molecule has 1 atom stereocenters. The van der Waals surface area contributed by atoms with Gasteiger partial charge in [0, 0.05) is 12.1 Å². The van der Waals surface area contributed by atoms with Gasteiger partial charge in [-0.2, -0.15) is 18.2 Å². The zero-order valence-corrected chi connectivity index (χ0v) is 14.8. The third kappa shape index (κ3) is 4.85. The van der Waals surface area contributed by atoms with Gasteiger partial charge in [-0.25, -0.2) is 0 Å². The van der Waals surface area contributed by atoms with Crippen LogP contribution in [-0.2, 0) is 22.3 Å². The highest BCUT2D eigenvalue weighted by molar-refractivity contribution is 5.72. The minimum atomic E-state index is -4.38. The third-order valence-electron chi connectivity index (χ3n) is 4.42. The van der Waals surface area contributed by atoms with E-state index in [1.807, 2.05) is 4.90 Å². The number of benzene rings is 1. The highest BCUT2D eigenvalue weighted by Gasteiger charge is 2.30. The van der Waals surface area contributed by atoms with Crippen molar-refractivity contribution in [2.24, 2.45) is 5.92 Å². The number of piperidine rings is 1. The quantitative estimate of drug-likeness (QED) is 0.736. The van der Waals surface area contributed by atoms with E-state index < -0.39 is 11.7 Å². The van der Waals surface area contributed by atoms with Crippen LogP contribution in [0.5, 0.6) is 0 Å². The molecule has 0 unspecified atom stereocenters. The van der Waals surface area contributed by atoms with Crippen LogP contribution in [0.2, 0.25) is 0 Å². The van der Waals surface area contributed by atoms with Gasteiger partial charge in [-0.15, -0.1) is 0 Å². The Kier molecular flexibility index (Phi) is 5.79. The molecule has 27 heavy (non-hydrogen) atoms. The Hall–Kier alpha value is -2.42. The van der Waals surface area contributed by atoms with Gasteiger partial charge in [0.05, 0.1) is 24.6 Å². The molecule has 2 heterocycles. The summed E-state index contributed by atoms with van der Waals surface area (Å²) < 4.78 is 48.2. The fraction of sp³-hybridized carbons (Fsp3) is 0.500. The minimum Gasteiger partial charge on any atom is -0.466 e. The predicted octanol–water partition coefficient (Wildman–Crippen LogP) is 3.53. The van der Waals surface area contributed by atoms with Gasteiger partial charge in [-0.3, -0.25) is 9.69 Å². The van der Waals surface area contributed by atoms with Crippen molar-refractivity contribution in [1.82, 2.24) is 15.0 Å². The van der Waals surface area contributed by atoms with Gasteiger partial charge in [0.15, 0.2) is 0 Å². The Bertz CT molecular complexity index is 774. The molecule has 1 aromatic heterocycles. The maximum Gasteiger partial charge on any atom is 0.416 e. The highest BCUT2D eigenvalue weighted by atomic mass is 19.4. The molecular formula is C18H20F3N3O3. The summed E-state index contributed by atoms with van der Waals surface area (Å²) in [6.45, 7) is 3.86. The van der Waals surface area contributed by atoms with Crippen molar-refractivity contribution >= 4 is 5.97 Å². The predicted molar refractivity (Wildman–Crippen MR) is 89.4 cm³/mol. The number of esters is 1. The fourth-order valence-corrected chi connectivity index (χ4v) is 3.09. The van der Waals surface area contributed by atoms with E-state index in [0.717, 1.165) is 31.5 Å². The van der Waals surface area contributed by atoms with Crippen LogP contribution >= 0.6 is 0 Å². The number of alkyl halides is 3. The van der Waals surface area contributed by atoms with Crippen molar-refractivity contribution in [3.8, 4) is 11.4 Å². The SMILES string of the molecule is CCOC(=O)[C@@H]1CCCN(Cc2nc(-c3ccc(C(F)(F)F)cc3)no2)C1. The summed E-state index contributed by atoms with van der Waals surface area (Å²) in [6.07, 6.45) is -2.73. The Morgan fingerprint density at radius 1 is 1.33 bits per heavy atom. The van der Waals surface area contributed by atoms with Crippen LogP contribution in [0.4, 0.5) is 13.2 Å². The van der Waals surface area contributed by atoms with Crippen molar-refractivity contribution in [2.45, 2.75) is 32.5 Å². The molecule has 3 rings (SSSR count). The van der Waals surface area contributed by atoms with Crippen molar-refractivity contribution in [3.05, 3.63) is 35.7 Å². The Morgan fingerprint density at radius 3 is 2.74 bits per heavy atom. The lowest BCUT2D eigenvalue weighted by atomic mass is 9.98. The number of halogens is 3. The van der Waals surface area contributed by atoms with E-state index in [9.17, 15) is 18.0 Å². The lowest BCUT2D eigenvalue weighted by Crippen LogP contribution is -2.39. The zero-order chi connectivity index (χ0) is 19.4. The molecule has 1 aromatic carbocycles. The zero-order valence-electron chi connectivity index (χ0n) is 14.8. The van der Waals surface area contributed by atoms with E-state index >= 15 is 0 Å². The summed E-state index contributed by atoms with van der Waals surface area (Å²) in [5, 5.41) is 3.84. The molecule has 0 N–H and O–H groups in total. The summed E-state index contributed by atoms with van der Waals surface area (Å²) >= 11 is 0. The van der Waals surface area contributed by atoms with Crippen molar-refractivity contribution in [2.75, 3.05) is 19.7 Å². The summed E-state index contributed by atoms with van der Waals surface area (Å²) in [5.74, 6) is 0.223. The molecule has 2 aromatic rings. The molecule has 0 aliphatic carbocycles. The number of ether oxygens (including phenoxy) is 1. The maximum absolute atomic E-state index is 12.6. The van der Waals surface area contributed by atoms with Gasteiger partial charge in [0.1, 0.15) is 0 Å². The first-order chi connectivity index (χ1) is 12.9. The topological polar surface area (TPSA) is 68.5 Å². The number of hydrogen-bond donors (Lipinski definition) is 0. The Morgan fingerprint density at radius 2 is 2.07 bits per heavy atom. The second-order valence-corrected chi connectivity index (χ2v) is 6.41. The first-order valence-electron chi connectivity index (χ1n) is 8.76. The van der Waals surface area contributed by atoms with Crippen LogP contribution in [-0.4, -0.2) is 40.7 Å². The largest absolute Gasteiger partial charge is 0.466 e. The molecule has 1 aliphatic heterocycles. The molecule has 0 amide bonds. The first-order valence-corrected chi connectivity index (χ1v) is 8.76. The van der Waals surface area contributed by atoms with Crippen LogP contribution in [0, 0.1) is 5.92 Å². The average Bonchev–Trinajstić information content (AvgIpc) is 3.10. The summed E-state index contributed by atoms with van der Waals surface area (Å²) in [5.41, 5.74) is -0.283. The number of carbonyl (C=O) groups is 1. The van der Waals surface area contributed by atoms with E-state index in [2.05, 4.69) is 10.1 Å². The van der Waals surface area contributed by atoms with Crippen LogP contribution in [0.3, 0.4) is 0 Å². The Balaban J connectivity index is 1.63. The molecule has 0 radical (unpaired) electrons. The summed E-state index contributed by atoms with van der Waals surface area (Å²) in [7, 11) is 0. The van der Waals surface area contributed by atoms with Gasteiger partial charge < -0.3 is 9.26 Å². The number of hydrogen-bond acceptors (Lipinski definition) is 6. The van der Waals surface area contributed by atoms with Gasteiger partial charge in [0.2, 0.25) is 11.7 Å². The smallest absolute Gasteiger partial charge is 0.416 e. The van der Waals surface area contributed by atoms with Crippen LogP contribution in [0.25, 0.3) is 11.4 Å². The highest BCUT2D eigenvalue weighted by Crippen LogP contribution is 2.30. The molecular weight excluding hydrogens is 363 g/mol. The van der Waals surface area contributed by atoms with Gasteiger partial charge >= 0.3 is 12.1 Å². The average molecular weight is 383 g/mol. The molecule has 0 saturated carbocycles. The van der Waals surface area contributed by atoms with Gasteiger partial charge in [0.25, 0.3) is 0 Å². The number of carbonyl (C=O) groups excluding carboxylic acids is 1. The van der Waals surface area contributed by atoms with Crippen LogP contribution in [0.15, 0.2) is 28.8 Å². The van der Waals surface area contributed by atoms with E-state index in [0.29, 0.717) is 31.2 Å². The monoisotopic (exact) mass is 383 g/mol. The number of rotatable bonds is 5. The lowest BCUT2D eigenvalue weighted by molar-refractivity contribution is -0.150. The number of likely N-dealkylation sites (tertiary alicyclic amines) is 1. The second-order valence-electron chi connectivity index (χ2n) is 6.41. The lowest BCUT2D eigenvalue weighted by Gasteiger charge is -2.30. The third-order valence-corrected chi connectivity index (χ3v) is 4.42. The summed E-state index contributed by atoms with van der Waals surface area (Å²) in [6, 6.07) is 4.60. The van der Waals surface area contributed by atoms with Crippen molar-refractivity contribution in [1.29, 1.82) is 0 Å². The van der Waals surface area contributed by atoms with E-state index in [1.165, 1.54) is 12.1 Å². The second kappa shape index (κ2) is 8.08. The first kappa shape index (κ1) is 19.3. The van der Waals surface area contributed by atoms with E-state index in [-0.39, 0.29) is 17.7 Å². The Labute approximate surface area is 154 Å². The van der Waals surface area contributed by atoms with Gasteiger partial charge in [-0.1, -0.05) is 17.3 Å².